The number of benzene rings is 2. The third kappa shape index (κ3) is 6.25. The van der Waals surface area contributed by atoms with E-state index >= 15 is 0 Å². The van der Waals surface area contributed by atoms with Crippen LogP contribution in [0.5, 0.6) is 0 Å². The van der Waals surface area contributed by atoms with Crippen molar-refractivity contribution in [2.45, 2.75) is 72.7 Å². The molecule has 0 saturated carbocycles. The number of anilines is 1. The van der Waals surface area contributed by atoms with Gasteiger partial charge in [0.15, 0.2) is 11.8 Å². The molecule has 1 aliphatic heterocycles. The van der Waals surface area contributed by atoms with Crippen molar-refractivity contribution in [3.05, 3.63) is 64.7 Å². The van der Waals surface area contributed by atoms with Crippen molar-refractivity contribution in [3.8, 4) is 0 Å². The zero-order valence-electron chi connectivity index (χ0n) is 22.8. The Kier molecular flexibility index (Phi) is 9.33. The van der Waals surface area contributed by atoms with Crippen LogP contribution in [0, 0.1) is 5.41 Å². The number of ketones is 1. The summed E-state index contributed by atoms with van der Waals surface area (Å²) in [6.07, 6.45) is -0.374. The molecule has 1 heterocycles. The molecule has 3 rings (SSSR count). The molecule has 204 valence electrons. The zero-order chi connectivity index (χ0) is 28.2. The molecule has 1 N–H and O–H groups in total. The van der Waals surface area contributed by atoms with Crippen molar-refractivity contribution in [3.63, 3.8) is 0 Å². The van der Waals surface area contributed by atoms with Gasteiger partial charge in [-0.3, -0.25) is 19.3 Å². The predicted molar refractivity (Wildman–Crippen MR) is 147 cm³/mol. The van der Waals surface area contributed by atoms with Crippen molar-refractivity contribution in [2.24, 2.45) is 5.41 Å². The molecule has 2 aromatic carbocycles. The first kappa shape index (κ1) is 29.3. The monoisotopic (exact) mass is 541 g/mol. The standard InChI is InChI=1S/C29H36ClN3O5/c1-7-18(3)20-14-15-21(30)22(16-20)31-25(35)23(24(34)29(4,5)6)33-26(36)27(38-8-2)32(28(33)37)17-19-12-10-9-11-13-19/h9-16,18,23,27H,7-8,17H2,1-6H3,(H,31,35). The summed E-state index contributed by atoms with van der Waals surface area (Å²) < 4.78 is 5.64. The summed E-state index contributed by atoms with van der Waals surface area (Å²) in [7, 11) is 0. The number of nitrogens with one attached hydrogen (secondary N) is 1. The van der Waals surface area contributed by atoms with Crippen molar-refractivity contribution in [2.75, 3.05) is 11.9 Å². The number of hydrogen-bond acceptors (Lipinski definition) is 5. The summed E-state index contributed by atoms with van der Waals surface area (Å²) in [6, 6.07) is 12.0. The van der Waals surface area contributed by atoms with Gasteiger partial charge in [0.2, 0.25) is 6.23 Å². The van der Waals surface area contributed by atoms with Gasteiger partial charge in [-0.1, -0.05) is 82.6 Å². The highest BCUT2D eigenvalue weighted by atomic mass is 35.5. The number of hydrogen-bond donors (Lipinski definition) is 1. The molecule has 3 atom stereocenters. The molecule has 1 aliphatic rings. The van der Waals surface area contributed by atoms with Crippen LogP contribution in [0.1, 0.15) is 65.0 Å². The Hall–Kier alpha value is -3.23. The molecular formula is C29H36ClN3O5. The average Bonchev–Trinajstić information content (AvgIpc) is 3.09. The molecule has 9 heteroatoms. The van der Waals surface area contributed by atoms with Gasteiger partial charge in [0.1, 0.15) is 0 Å². The van der Waals surface area contributed by atoms with Gasteiger partial charge in [-0.15, -0.1) is 0 Å². The number of carbonyl (C=O) groups is 4. The number of halogens is 1. The number of rotatable bonds is 10. The van der Waals surface area contributed by atoms with Gasteiger partial charge in [0.05, 0.1) is 17.3 Å². The second-order valence-electron chi connectivity index (χ2n) is 10.5. The van der Waals surface area contributed by atoms with E-state index in [-0.39, 0.29) is 24.1 Å². The molecule has 2 aromatic rings. The van der Waals surface area contributed by atoms with Crippen LogP contribution >= 0.6 is 11.6 Å². The average molecular weight is 542 g/mol. The van der Waals surface area contributed by atoms with Gasteiger partial charge < -0.3 is 10.1 Å². The van der Waals surface area contributed by atoms with Gasteiger partial charge >= 0.3 is 6.03 Å². The summed E-state index contributed by atoms with van der Waals surface area (Å²) in [5.74, 6) is -1.94. The summed E-state index contributed by atoms with van der Waals surface area (Å²) in [5.41, 5.74) is 1.02. The van der Waals surface area contributed by atoms with Crippen LogP contribution < -0.4 is 5.32 Å². The number of ether oxygens (including phenoxy) is 1. The first-order chi connectivity index (χ1) is 17.9. The van der Waals surface area contributed by atoms with Gasteiger partial charge in [0.25, 0.3) is 11.8 Å². The Labute approximate surface area is 229 Å². The van der Waals surface area contributed by atoms with Crippen LogP contribution in [0.3, 0.4) is 0 Å². The summed E-state index contributed by atoms with van der Waals surface area (Å²) >= 11 is 6.38. The van der Waals surface area contributed by atoms with E-state index in [1.807, 2.05) is 36.4 Å². The maximum Gasteiger partial charge on any atom is 0.330 e. The lowest BCUT2D eigenvalue weighted by Crippen LogP contribution is -2.55. The highest BCUT2D eigenvalue weighted by molar-refractivity contribution is 6.34. The fourth-order valence-corrected chi connectivity index (χ4v) is 4.38. The van der Waals surface area contributed by atoms with Gasteiger partial charge in [-0.2, -0.15) is 0 Å². The molecule has 3 unspecified atom stereocenters. The lowest BCUT2D eigenvalue weighted by Gasteiger charge is -2.29. The van der Waals surface area contributed by atoms with E-state index < -0.39 is 41.3 Å². The molecule has 0 radical (unpaired) electrons. The van der Waals surface area contributed by atoms with E-state index in [2.05, 4.69) is 19.2 Å². The van der Waals surface area contributed by atoms with E-state index in [1.165, 1.54) is 4.90 Å². The first-order valence-electron chi connectivity index (χ1n) is 12.8. The highest BCUT2D eigenvalue weighted by Crippen LogP contribution is 2.31. The lowest BCUT2D eigenvalue weighted by molar-refractivity contribution is -0.149. The number of amides is 4. The second-order valence-corrected chi connectivity index (χ2v) is 10.9. The molecule has 4 amide bonds. The lowest BCUT2D eigenvalue weighted by atomic mass is 9.85. The number of Topliss-reactive ketones (excluding diaryl/α,β-unsaturated/α-hetero) is 1. The Morgan fingerprint density at radius 1 is 1.08 bits per heavy atom. The van der Waals surface area contributed by atoms with Crippen LogP contribution in [0.2, 0.25) is 5.02 Å². The van der Waals surface area contributed by atoms with Crippen molar-refractivity contribution in [1.29, 1.82) is 0 Å². The van der Waals surface area contributed by atoms with Crippen LogP contribution in [-0.2, 0) is 25.7 Å². The number of urea groups is 1. The van der Waals surface area contributed by atoms with Gasteiger partial charge in [-0.05, 0) is 42.5 Å². The van der Waals surface area contributed by atoms with Crippen LogP contribution in [-0.4, -0.2) is 52.3 Å². The Morgan fingerprint density at radius 2 is 1.74 bits per heavy atom. The van der Waals surface area contributed by atoms with E-state index in [0.29, 0.717) is 5.69 Å². The maximum atomic E-state index is 13.7. The van der Waals surface area contributed by atoms with Crippen LogP contribution in [0.4, 0.5) is 10.5 Å². The molecule has 0 aromatic heterocycles. The number of nitrogens with zero attached hydrogens (tertiary/aromatic N) is 2. The molecular weight excluding hydrogens is 506 g/mol. The van der Waals surface area contributed by atoms with Gasteiger partial charge in [0, 0.05) is 12.0 Å². The molecule has 0 bridgehead atoms. The minimum atomic E-state index is -1.71. The van der Waals surface area contributed by atoms with E-state index in [4.69, 9.17) is 16.3 Å². The van der Waals surface area contributed by atoms with E-state index in [0.717, 1.165) is 22.4 Å². The SMILES string of the molecule is CCOC1C(=O)N(C(C(=O)Nc2cc(C(C)CC)ccc2Cl)C(=O)C(C)(C)C)C(=O)N1Cc1ccccc1. The number of imide groups is 1. The van der Waals surface area contributed by atoms with Crippen molar-refractivity contribution < 1.29 is 23.9 Å². The largest absolute Gasteiger partial charge is 0.350 e. The normalized spacial score (nSPS) is 17.5. The quantitative estimate of drug-likeness (QED) is 0.312. The number of carbonyl (C=O) groups excluding carboxylic acids is 4. The minimum Gasteiger partial charge on any atom is -0.350 e. The predicted octanol–water partition coefficient (Wildman–Crippen LogP) is 5.60. The Bertz CT molecular complexity index is 1190. The summed E-state index contributed by atoms with van der Waals surface area (Å²) in [4.78, 5) is 56.5. The maximum absolute atomic E-state index is 13.7. The van der Waals surface area contributed by atoms with Crippen LogP contribution in [0.15, 0.2) is 48.5 Å². The third-order valence-corrected chi connectivity index (χ3v) is 6.96. The topological polar surface area (TPSA) is 96.0 Å². The first-order valence-corrected chi connectivity index (χ1v) is 13.2. The fourth-order valence-electron chi connectivity index (χ4n) is 4.22. The van der Waals surface area contributed by atoms with Crippen molar-refractivity contribution >= 4 is 40.9 Å². The molecule has 8 nitrogen and oxygen atoms in total. The van der Waals surface area contributed by atoms with Crippen molar-refractivity contribution in [1.82, 2.24) is 9.80 Å². The van der Waals surface area contributed by atoms with E-state index in [9.17, 15) is 19.2 Å². The smallest absolute Gasteiger partial charge is 0.330 e. The van der Waals surface area contributed by atoms with Gasteiger partial charge in [-0.25, -0.2) is 9.69 Å². The van der Waals surface area contributed by atoms with Crippen LogP contribution in [0.25, 0.3) is 0 Å². The minimum absolute atomic E-state index is 0.0768. The second kappa shape index (κ2) is 12.1. The zero-order valence-corrected chi connectivity index (χ0v) is 23.5. The van der Waals surface area contributed by atoms with E-state index in [1.54, 1.807) is 39.8 Å². The molecule has 38 heavy (non-hydrogen) atoms. The molecule has 1 saturated heterocycles. The fraction of sp³-hybridized carbons (Fsp3) is 0.448. The molecule has 0 spiro atoms. The molecule has 1 fully saturated rings. The highest BCUT2D eigenvalue weighted by Gasteiger charge is 2.54. The summed E-state index contributed by atoms with van der Waals surface area (Å²) in [6.45, 7) is 11.0. The molecule has 0 aliphatic carbocycles. The Morgan fingerprint density at radius 3 is 2.32 bits per heavy atom. The summed E-state index contributed by atoms with van der Waals surface area (Å²) in [5, 5.41) is 3.00. The third-order valence-electron chi connectivity index (χ3n) is 6.63. The Balaban J connectivity index is 2.01.